The molecule has 0 saturated heterocycles. The number of fused-ring (bicyclic) bond motifs is 1. The monoisotopic (exact) mass is 425 g/mol. The molecule has 0 fully saturated rings. The fourth-order valence-electron chi connectivity index (χ4n) is 2.90. The van der Waals surface area contributed by atoms with Crippen molar-refractivity contribution in [2.24, 2.45) is 0 Å². The molecule has 1 aliphatic carbocycles. The van der Waals surface area contributed by atoms with E-state index in [-0.39, 0.29) is 51.0 Å². The Kier molecular flexibility index (Phi) is 9.17. The first-order chi connectivity index (χ1) is 9.20. The molecular weight excluding hydrogens is 410 g/mol. The Morgan fingerprint density at radius 3 is 2.36 bits per heavy atom. The van der Waals surface area contributed by atoms with Crippen molar-refractivity contribution in [3.8, 4) is 11.1 Å². The molecule has 0 bridgehead atoms. The zero-order valence-electron chi connectivity index (χ0n) is 12.6. The zero-order chi connectivity index (χ0) is 13.4. The number of halogens is 2. The van der Waals surface area contributed by atoms with Gasteiger partial charge in [-0.3, -0.25) is 0 Å². The van der Waals surface area contributed by atoms with Crippen LogP contribution in [0.4, 0.5) is 0 Å². The SMILES string of the molecule is CCC1C=Cc2c(-c3ccccc3[S-])cc(C)cc21.[Cl-].[Cl-].[Zr+3]. The maximum atomic E-state index is 5.48. The standard InChI is InChI=1S/C18H18S.2ClH.Zr/c1-3-13-8-9-14-16(13)10-12(2)11-17(14)15-6-4-5-7-18(15)19;;;/h4-11,13,19H,3H2,1-2H3;2*1H;/q;;;+3/p-3. The molecule has 1 unspecified atom stereocenters. The number of hydrogen-bond acceptors (Lipinski definition) is 1. The van der Waals surface area contributed by atoms with Gasteiger partial charge in [-0.2, -0.15) is 4.90 Å². The van der Waals surface area contributed by atoms with Crippen molar-refractivity contribution >= 4 is 18.7 Å². The van der Waals surface area contributed by atoms with Gasteiger partial charge < -0.3 is 37.4 Å². The van der Waals surface area contributed by atoms with E-state index in [2.05, 4.69) is 50.3 Å². The molecule has 2 aromatic carbocycles. The zero-order valence-corrected chi connectivity index (χ0v) is 17.4. The fourth-order valence-corrected chi connectivity index (χ4v) is 3.16. The van der Waals surface area contributed by atoms with Gasteiger partial charge in [0.25, 0.3) is 0 Å². The number of rotatable bonds is 2. The molecule has 0 aliphatic heterocycles. The van der Waals surface area contributed by atoms with Gasteiger partial charge in [-0.25, -0.2) is 0 Å². The molecular formula is C18H17Cl2SZr. The number of benzene rings is 2. The van der Waals surface area contributed by atoms with Crippen molar-refractivity contribution in [3.63, 3.8) is 0 Å². The van der Waals surface area contributed by atoms with Crippen LogP contribution in [0.1, 0.15) is 36.0 Å². The average molecular weight is 428 g/mol. The Labute approximate surface area is 170 Å². The molecule has 0 aromatic heterocycles. The fraction of sp³-hybridized carbons (Fsp3) is 0.222. The van der Waals surface area contributed by atoms with E-state index in [1.165, 1.54) is 27.8 Å². The second-order valence-electron chi connectivity index (χ2n) is 5.19. The first-order valence-electron chi connectivity index (χ1n) is 6.80. The maximum absolute atomic E-state index is 5.48. The van der Waals surface area contributed by atoms with Gasteiger partial charge in [0.15, 0.2) is 0 Å². The molecule has 2 aromatic rings. The van der Waals surface area contributed by atoms with Crippen LogP contribution in [0.5, 0.6) is 0 Å². The Hall–Kier alpha value is -0.137. The summed E-state index contributed by atoms with van der Waals surface area (Å²) in [6.07, 6.45) is 5.74. The summed E-state index contributed by atoms with van der Waals surface area (Å²) in [5.41, 5.74) is 6.59. The number of allylic oxidation sites excluding steroid dienone is 1. The summed E-state index contributed by atoms with van der Waals surface area (Å²) in [6, 6.07) is 12.8. The van der Waals surface area contributed by atoms with Crippen molar-refractivity contribution in [3.05, 3.63) is 59.2 Å². The third-order valence-electron chi connectivity index (χ3n) is 3.87. The second-order valence-corrected chi connectivity index (χ2v) is 5.63. The average Bonchev–Trinajstić information content (AvgIpc) is 2.81. The molecule has 0 nitrogen and oxygen atoms in total. The predicted molar refractivity (Wildman–Crippen MR) is 84.3 cm³/mol. The summed E-state index contributed by atoms with van der Waals surface area (Å²) in [4.78, 5) is 0.934. The van der Waals surface area contributed by atoms with Gasteiger partial charge in [0.1, 0.15) is 0 Å². The third-order valence-corrected chi connectivity index (χ3v) is 4.22. The normalized spacial score (nSPS) is 14.4. The minimum absolute atomic E-state index is 0. The second kappa shape index (κ2) is 9.23. The molecule has 0 amide bonds. The van der Waals surface area contributed by atoms with E-state index in [0.29, 0.717) is 5.92 Å². The molecule has 1 radical (unpaired) electrons. The number of hydrogen-bond donors (Lipinski definition) is 0. The molecule has 0 spiro atoms. The van der Waals surface area contributed by atoms with E-state index < -0.39 is 0 Å². The summed E-state index contributed by atoms with van der Waals surface area (Å²) < 4.78 is 0. The predicted octanol–water partition coefficient (Wildman–Crippen LogP) is -0.906. The van der Waals surface area contributed by atoms with Crippen molar-refractivity contribution in [2.45, 2.75) is 31.1 Å². The van der Waals surface area contributed by atoms with Crippen LogP contribution in [-0.4, -0.2) is 0 Å². The minimum Gasteiger partial charge on any atom is -1.00 e. The Morgan fingerprint density at radius 2 is 1.73 bits per heavy atom. The molecule has 22 heavy (non-hydrogen) atoms. The number of aryl methyl sites for hydroxylation is 1. The van der Waals surface area contributed by atoms with Gasteiger partial charge in [-0.05, 0) is 35.6 Å². The van der Waals surface area contributed by atoms with Crippen LogP contribution in [0.3, 0.4) is 0 Å². The third kappa shape index (κ3) is 4.03. The topological polar surface area (TPSA) is 0 Å². The Morgan fingerprint density at radius 1 is 1.05 bits per heavy atom. The Balaban J connectivity index is 0.00000147. The van der Waals surface area contributed by atoms with E-state index in [0.717, 1.165) is 11.3 Å². The van der Waals surface area contributed by atoms with Crippen LogP contribution in [-0.2, 0) is 38.8 Å². The summed E-state index contributed by atoms with van der Waals surface area (Å²) in [5, 5.41) is 0. The molecule has 0 N–H and O–H groups in total. The van der Waals surface area contributed by atoms with Crippen molar-refractivity contribution in [1.29, 1.82) is 0 Å². The first-order valence-corrected chi connectivity index (χ1v) is 7.20. The van der Waals surface area contributed by atoms with Crippen molar-refractivity contribution in [1.82, 2.24) is 0 Å². The maximum Gasteiger partial charge on any atom is 3.00 e. The molecule has 1 atom stereocenters. The first kappa shape index (κ1) is 21.9. The van der Waals surface area contributed by atoms with Crippen molar-refractivity contribution < 1.29 is 51.0 Å². The quantitative estimate of drug-likeness (QED) is 0.560. The molecule has 0 heterocycles. The van der Waals surface area contributed by atoms with Gasteiger partial charge in [0.05, 0.1) is 0 Å². The van der Waals surface area contributed by atoms with Crippen LogP contribution < -0.4 is 24.8 Å². The summed E-state index contributed by atoms with van der Waals surface area (Å²) in [6.45, 7) is 4.41. The van der Waals surface area contributed by atoms with Crippen molar-refractivity contribution in [2.75, 3.05) is 0 Å². The molecule has 113 valence electrons. The van der Waals surface area contributed by atoms with E-state index in [1.54, 1.807) is 0 Å². The van der Waals surface area contributed by atoms with Crippen LogP contribution in [0, 0.1) is 6.92 Å². The Bertz CT molecular complexity index is 668. The smallest absolute Gasteiger partial charge is 1.00 e. The van der Waals surface area contributed by atoms with Crippen LogP contribution in [0.15, 0.2) is 47.4 Å². The molecule has 4 heteroatoms. The van der Waals surface area contributed by atoms with E-state index in [4.69, 9.17) is 12.6 Å². The van der Waals surface area contributed by atoms with E-state index in [9.17, 15) is 0 Å². The van der Waals surface area contributed by atoms with Crippen LogP contribution >= 0.6 is 0 Å². The summed E-state index contributed by atoms with van der Waals surface area (Å²) >= 11 is 5.48. The largest absolute Gasteiger partial charge is 3.00 e. The van der Waals surface area contributed by atoms with E-state index >= 15 is 0 Å². The van der Waals surface area contributed by atoms with Gasteiger partial charge >= 0.3 is 26.2 Å². The van der Waals surface area contributed by atoms with Gasteiger partial charge in [0.2, 0.25) is 0 Å². The molecule has 1 aliphatic rings. The van der Waals surface area contributed by atoms with Crippen LogP contribution in [0.25, 0.3) is 17.2 Å². The molecule has 0 saturated carbocycles. The summed E-state index contributed by atoms with van der Waals surface area (Å²) in [7, 11) is 0. The molecule has 3 rings (SSSR count). The van der Waals surface area contributed by atoms with E-state index in [1.807, 2.05) is 12.1 Å². The van der Waals surface area contributed by atoms with Gasteiger partial charge in [0, 0.05) is 5.92 Å². The summed E-state index contributed by atoms with van der Waals surface area (Å²) in [5.74, 6) is 0.561. The van der Waals surface area contributed by atoms with Crippen LogP contribution in [0.2, 0.25) is 0 Å². The van der Waals surface area contributed by atoms with Gasteiger partial charge in [-0.1, -0.05) is 61.0 Å². The minimum atomic E-state index is 0. The van der Waals surface area contributed by atoms with Gasteiger partial charge in [-0.15, -0.1) is 0 Å².